The number of halogens is 2. The molecule has 0 spiro atoms. The molecule has 0 unspecified atom stereocenters. The van der Waals surface area contributed by atoms with Crippen LogP contribution in [0, 0.1) is 0 Å². The number of rotatable bonds is 7. The number of benzene rings is 1. The van der Waals surface area contributed by atoms with E-state index in [1.165, 1.54) is 5.56 Å². The third-order valence-electron chi connectivity index (χ3n) is 2.90. The summed E-state index contributed by atoms with van der Waals surface area (Å²) in [5.74, 6) is 0.852. The first-order valence-electron chi connectivity index (χ1n) is 6.24. The Balaban J connectivity index is 0.00000200. The van der Waals surface area contributed by atoms with E-state index in [9.17, 15) is 4.39 Å². The van der Waals surface area contributed by atoms with Crippen molar-refractivity contribution >= 4 is 12.4 Å². The summed E-state index contributed by atoms with van der Waals surface area (Å²) < 4.78 is 19.1. The number of ether oxygens (including phenoxy) is 1. The minimum atomic E-state index is -0.396. The van der Waals surface area contributed by atoms with Crippen molar-refractivity contribution in [2.45, 2.75) is 19.6 Å². The van der Waals surface area contributed by atoms with E-state index in [-0.39, 0.29) is 12.4 Å². The average Bonchev–Trinajstić information content (AvgIpc) is 2.88. The highest BCUT2D eigenvalue weighted by Gasteiger charge is 2.01. The zero-order chi connectivity index (χ0) is 13.5. The van der Waals surface area contributed by atoms with Crippen LogP contribution in [0.4, 0.5) is 4.39 Å². The molecule has 6 heteroatoms. The Bertz CT molecular complexity index is 501. The van der Waals surface area contributed by atoms with Gasteiger partial charge >= 0.3 is 0 Å². The molecular weight excluding hydrogens is 281 g/mol. The topological polar surface area (TPSA) is 39.1 Å². The Morgan fingerprint density at radius 1 is 1.20 bits per heavy atom. The minimum Gasteiger partial charge on any atom is -0.497 e. The molecule has 0 fully saturated rings. The van der Waals surface area contributed by atoms with Crippen LogP contribution >= 0.6 is 12.4 Å². The summed E-state index contributed by atoms with van der Waals surface area (Å²) >= 11 is 0. The molecule has 110 valence electrons. The third-order valence-corrected chi connectivity index (χ3v) is 2.90. The molecule has 0 aliphatic heterocycles. The molecule has 20 heavy (non-hydrogen) atoms. The molecule has 0 aliphatic carbocycles. The minimum absolute atomic E-state index is 0. The number of methoxy groups -OCH3 is 1. The van der Waals surface area contributed by atoms with Gasteiger partial charge < -0.3 is 10.1 Å². The van der Waals surface area contributed by atoms with Crippen LogP contribution < -0.4 is 10.1 Å². The van der Waals surface area contributed by atoms with E-state index in [1.807, 2.05) is 30.3 Å². The summed E-state index contributed by atoms with van der Waals surface area (Å²) in [4.78, 5) is 0. The number of hydrogen-bond acceptors (Lipinski definition) is 3. The fourth-order valence-corrected chi connectivity index (χ4v) is 1.87. The maximum atomic E-state index is 12.3. The predicted octanol–water partition coefficient (Wildman–Crippen LogP) is 2.57. The van der Waals surface area contributed by atoms with Crippen LogP contribution in [0.25, 0.3) is 0 Å². The number of aromatic nitrogens is 2. The zero-order valence-electron chi connectivity index (χ0n) is 11.4. The normalized spacial score (nSPS) is 10.1. The lowest BCUT2D eigenvalue weighted by Gasteiger charge is -2.08. The average molecular weight is 300 g/mol. The van der Waals surface area contributed by atoms with Crippen LogP contribution in [-0.2, 0) is 19.6 Å². The summed E-state index contributed by atoms with van der Waals surface area (Å²) in [6.07, 6.45) is 1.69. The lowest BCUT2D eigenvalue weighted by molar-refractivity contribution is 0.414. The molecule has 0 bridgehead atoms. The first kappa shape index (κ1) is 16.5. The molecule has 0 atom stereocenters. The van der Waals surface area contributed by atoms with Gasteiger partial charge in [-0.25, -0.2) is 4.39 Å². The lowest BCUT2D eigenvalue weighted by atomic mass is 10.2. The van der Waals surface area contributed by atoms with Gasteiger partial charge in [0.05, 0.1) is 19.3 Å². The van der Waals surface area contributed by atoms with Crippen LogP contribution in [0.2, 0.25) is 0 Å². The number of nitrogens with zero attached hydrogens (tertiary/aromatic N) is 2. The van der Waals surface area contributed by atoms with E-state index in [4.69, 9.17) is 4.74 Å². The smallest absolute Gasteiger partial charge is 0.118 e. The highest BCUT2D eigenvalue weighted by atomic mass is 35.5. The van der Waals surface area contributed by atoms with Crippen LogP contribution in [0.5, 0.6) is 5.75 Å². The Morgan fingerprint density at radius 3 is 2.60 bits per heavy atom. The van der Waals surface area contributed by atoms with Gasteiger partial charge in [-0.3, -0.25) is 4.68 Å². The Labute approximate surface area is 124 Å². The van der Waals surface area contributed by atoms with Crippen molar-refractivity contribution in [3.8, 4) is 5.75 Å². The molecule has 1 N–H and O–H groups in total. The van der Waals surface area contributed by atoms with Crippen LogP contribution in [0.3, 0.4) is 0 Å². The predicted molar refractivity (Wildman–Crippen MR) is 79.0 cm³/mol. The summed E-state index contributed by atoms with van der Waals surface area (Å²) in [5.41, 5.74) is 2.17. The van der Waals surface area contributed by atoms with E-state index < -0.39 is 6.67 Å². The standard InChI is InChI=1S/C14H18FN3O.ClH/c1-19-14-4-2-12(3-5-14)10-16-11-13-6-8-17-18(13)9-7-15;/h2-6,8,16H,7,9-11H2,1H3;1H. The van der Waals surface area contributed by atoms with Gasteiger partial charge in [-0.2, -0.15) is 5.10 Å². The highest BCUT2D eigenvalue weighted by molar-refractivity contribution is 5.85. The fraction of sp³-hybridized carbons (Fsp3) is 0.357. The molecule has 0 saturated carbocycles. The van der Waals surface area contributed by atoms with Crippen molar-refractivity contribution in [3.63, 3.8) is 0 Å². The van der Waals surface area contributed by atoms with Gasteiger partial charge in [0.25, 0.3) is 0 Å². The summed E-state index contributed by atoms with van der Waals surface area (Å²) in [6, 6.07) is 9.81. The monoisotopic (exact) mass is 299 g/mol. The lowest BCUT2D eigenvalue weighted by Crippen LogP contribution is -2.17. The van der Waals surface area contributed by atoms with Crippen LogP contribution in [0.15, 0.2) is 36.5 Å². The third kappa shape index (κ3) is 4.51. The van der Waals surface area contributed by atoms with Crippen molar-refractivity contribution in [3.05, 3.63) is 47.8 Å². The van der Waals surface area contributed by atoms with Crippen molar-refractivity contribution in [2.75, 3.05) is 13.8 Å². The van der Waals surface area contributed by atoms with Crippen molar-refractivity contribution in [1.29, 1.82) is 0 Å². The van der Waals surface area contributed by atoms with Gasteiger partial charge in [0.2, 0.25) is 0 Å². The van der Waals surface area contributed by atoms with Crippen LogP contribution in [0.1, 0.15) is 11.3 Å². The van der Waals surface area contributed by atoms with Gasteiger partial charge in [0.1, 0.15) is 12.4 Å². The first-order valence-corrected chi connectivity index (χ1v) is 6.24. The number of hydrogen-bond donors (Lipinski definition) is 1. The number of aryl methyl sites for hydroxylation is 1. The molecule has 0 aliphatic rings. The van der Waals surface area contributed by atoms with E-state index >= 15 is 0 Å². The maximum Gasteiger partial charge on any atom is 0.118 e. The molecule has 4 nitrogen and oxygen atoms in total. The summed E-state index contributed by atoms with van der Waals surface area (Å²) in [5, 5.41) is 7.39. The van der Waals surface area contributed by atoms with Crippen LogP contribution in [-0.4, -0.2) is 23.6 Å². The molecule has 0 radical (unpaired) electrons. The van der Waals surface area contributed by atoms with E-state index in [0.29, 0.717) is 13.1 Å². The Hall–Kier alpha value is -1.59. The second-order valence-corrected chi connectivity index (χ2v) is 4.19. The van der Waals surface area contributed by atoms with E-state index in [1.54, 1.807) is 18.0 Å². The van der Waals surface area contributed by atoms with Crippen molar-refractivity contribution in [2.24, 2.45) is 0 Å². The van der Waals surface area contributed by atoms with Crippen molar-refractivity contribution < 1.29 is 9.13 Å². The molecule has 1 aromatic heterocycles. The van der Waals surface area contributed by atoms with Crippen molar-refractivity contribution in [1.82, 2.24) is 15.1 Å². The zero-order valence-corrected chi connectivity index (χ0v) is 12.2. The molecule has 0 amide bonds. The summed E-state index contributed by atoms with van der Waals surface area (Å²) in [7, 11) is 1.65. The molecule has 2 rings (SSSR count). The SMILES string of the molecule is COc1ccc(CNCc2ccnn2CCF)cc1.Cl. The van der Waals surface area contributed by atoms with Gasteiger partial charge in [-0.1, -0.05) is 12.1 Å². The Kier molecular flexibility index (Phi) is 7.04. The number of alkyl halides is 1. The molecule has 1 heterocycles. The fourth-order valence-electron chi connectivity index (χ4n) is 1.87. The second kappa shape index (κ2) is 8.55. The quantitative estimate of drug-likeness (QED) is 0.854. The largest absolute Gasteiger partial charge is 0.497 e. The second-order valence-electron chi connectivity index (χ2n) is 4.19. The van der Waals surface area contributed by atoms with Gasteiger partial charge in [0.15, 0.2) is 0 Å². The summed E-state index contributed by atoms with van der Waals surface area (Å²) in [6.45, 7) is 1.34. The van der Waals surface area contributed by atoms with E-state index in [2.05, 4.69) is 10.4 Å². The molecule has 2 aromatic rings. The highest BCUT2D eigenvalue weighted by Crippen LogP contribution is 2.11. The molecule has 0 saturated heterocycles. The first-order chi connectivity index (χ1) is 9.33. The molecular formula is C14H19ClFN3O. The number of nitrogens with one attached hydrogen (secondary N) is 1. The maximum absolute atomic E-state index is 12.3. The van der Waals surface area contributed by atoms with Gasteiger partial charge in [-0.05, 0) is 23.8 Å². The van der Waals surface area contributed by atoms with Gasteiger partial charge in [-0.15, -0.1) is 12.4 Å². The van der Waals surface area contributed by atoms with Gasteiger partial charge in [0, 0.05) is 19.3 Å². The van der Waals surface area contributed by atoms with E-state index in [0.717, 1.165) is 18.0 Å². The Morgan fingerprint density at radius 2 is 1.95 bits per heavy atom. The molecule has 1 aromatic carbocycles.